The summed E-state index contributed by atoms with van der Waals surface area (Å²) in [5.74, 6) is 0.637. The van der Waals surface area contributed by atoms with Crippen molar-refractivity contribution < 1.29 is 9.47 Å². The minimum Gasteiger partial charge on any atom is -0.431 e. The molecule has 1 aromatic carbocycles. The molecule has 1 saturated heterocycles. The van der Waals surface area contributed by atoms with Gasteiger partial charge < -0.3 is 9.47 Å². The van der Waals surface area contributed by atoms with Crippen LogP contribution in [0.25, 0.3) is 0 Å². The fraction of sp³-hybridized carbons (Fsp3) is 0.308. The van der Waals surface area contributed by atoms with Crippen molar-refractivity contribution >= 4 is 57.7 Å². The number of halogens is 4. The molecule has 21 heavy (non-hydrogen) atoms. The van der Waals surface area contributed by atoms with Crippen LogP contribution in [0.1, 0.15) is 12.0 Å². The summed E-state index contributed by atoms with van der Waals surface area (Å²) in [6, 6.07) is 7.47. The van der Waals surface area contributed by atoms with Crippen molar-refractivity contribution in [1.82, 2.24) is 4.98 Å². The number of thiazole rings is 1. The van der Waals surface area contributed by atoms with Crippen LogP contribution in [-0.4, -0.2) is 15.4 Å². The smallest absolute Gasteiger partial charge is 0.280 e. The molecule has 0 radical (unpaired) electrons. The minimum atomic E-state index is -1.36. The highest BCUT2D eigenvalue weighted by molar-refractivity contribution is 7.11. The predicted molar refractivity (Wildman–Crippen MR) is 86.2 cm³/mol. The molecule has 3 rings (SSSR count). The first-order valence-electron chi connectivity index (χ1n) is 5.96. The Hall–Kier alpha value is -0.230. The van der Waals surface area contributed by atoms with E-state index in [4.69, 9.17) is 55.9 Å². The number of nitrogens with zero attached hydrogens (tertiary/aromatic N) is 1. The number of hydrogen-bond acceptors (Lipinski definition) is 4. The predicted octanol–water partition coefficient (Wildman–Crippen LogP) is 5.57. The molecule has 0 N–H and O–H groups in total. The van der Waals surface area contributed by atoms with Crippen molar-refractivity contribution in [3.63, 3.8) is 0 Å². The first-order chi connectivity index (χ1) is 9.86. The summed E-state index contributed by atoms with van der Waals surface area (Å²) >= 11 is 24.7. The number of alkyl halides is 3. The molecule has 1 aliphatic rings. The highest BCUT2D eigenvalue weighted by Crippen LogP contribution is 2.50. The van der Waals surface area contributed by atoms with Gasteiger partial charge in [0.15, 0.2) is 3.79 Å². The van der Waals surface area contributed by atoms with Crippen molar-refractivity contribution in [3.05, 3.63) is 40.4 Å². The highest BCUT2D eigenvalue weighted by Gasteiger charge is 2.51. The Morgan fingerprint density at radius 3 is 2.71 bits per heavy atom. The van der Waals surface area contributed by atoms with Crippen LogP contribution >= 0.6 is 57.7 Å². The van der Waals surface area contributed by atoms with Crippen molar-refractivity contribution in [3.8, 4) is 10.9 Å². The van der Waals surface area contributed by atoms with Crippen molar-refractivity contribution in [1.29, 1.82) is 0 Å². The van der Waals surface area contributed by atoms with Gasteiger partial charge >= 0.3 is 0 Å². The van der Waals surface area contributed by atoms with Crippen LogP contribution in [-0.2, 0) is 10.3 Å². The molecule has 1 aromatic heterocycles. The van der Waals surface area contributed by atoms with E-state index in [1.165, 1.54) is 11.3 Å². The van der Waals surface area contributed by atoms with Gasteiger partial charge in [0.2, 0.25) is 0 Å². The van der Waals surface area contributed by atoms with E-state index in [9.17, 15) is 0 Å². The third-order valence-corrected chi connectivity index (χ3v) is 4.44. The summed E-state index contributed by atoms with van der Waals surface area (Å²) < 4.78 is 9.82. The minimum absolute atomic E-state index is 0.289. The molecule has 0 bridgehead atoms. The van der Waals surface area contributed by atoms with Gasteiger partial charge in [0.05, 0.1) is 6.61 Å². The van der Waals surface area contributed by atoms with Gasteiger partial charge in [-0.05, 0) is 17.7 Å². The third-order valence-electron chi connectivity index (χ3n) is 3.00. The van der Waals surface area contributed by atoms with Crippen LogP contribution in [0.15, 0.2) is 29.6 Å². The van der Waals surface area contributed by atoms with Crippen LogP contribution in [0.4, 0.5) is 0 Å². The van der Waals surface area contributed by atoms with E-state index < -0.39 is 9.39 Å². The van der Waals surface area contributed by atoms with Crippen molar-refractivity contribution in [2.75, 3.05) is 6.61 Å². The molecule has 2 heterocycles. The maximum Gasteiger partial charge on any atom is 0.280 e. The lowest BCUT2D eigenvalue weighted by atomic mass is 9.97. The summed E-state index contributed by atoms with van der Waals surface area (Å²) in [4.78, 5) is 4.04. The number of benzene rings is 1. The molecule has 1 unspecified atom stereocenters. The van der Waals surface area contributed by atoms with Gasteiger partial charge in [0, 0.05) is 11.8 Å². The van der Waals surface area contributed by atoms with Gasteiger partial charge in [-0.15, -0.1) is 0 Å². The summed E-state index contributed by atoms with van der Waals surface area (Å²) in [5, 5.41) is 2.59. The zero-order valence-corrected chi connectivity index (χ0v) is 14.3. The Morgan fingerprint density at radius 2 is 2.14 bits per heavy atom. The molecule has 0 spiro atoms. The lowest BCUT2D eigenvalue weighted by Gasteiger charge is -2.18. The van der Waals surface area contributed by atoms with Crippen LogP contribution < -0.4 is 4.74 Å². The Morgan fingerprint density at radius 1 is 1.38 bits per heavy atom. The first kappa shape index (κ1) is 15.7. The Kier molecular flexibility index (Phi) is 4.30. The monoisotopic (exact) mass is 383 g/mol. The Labute approximate surface area is 145 Å². The van der Waals surface area contributed by atoms with E-state index in [0.29, 0.717) is 22.7 Å². The summed E-state index contributed by atoms with van der Waals surface area (Å²) in [7, 11) is 0. The maximum atomic E-state index is 5.88. The average Bonchev–Trinajstić information content (AvgIpc) is 3.04. The van der Waals surface area contributed by atoms with E-state index in [1.54, 1.807) is 5.38 Å². The van der Waals surface area contributed by atoms with Crippen LogP contribution in [0.3, 0.4) is 0 Å². The van der Waals surface area contributed by atoms with Gasteiger partial charge in [-0.3, -0.25) is 0 Å². The number of epoxide rings is 1. The zero-order valence-electron chi connectivity index (χ0n) is 10.5. The second-order valence-electron chi connectivity index (χ2n) is 4.64. The van der Waals surface area contributed by atoms with Gasteiger partial charge in [-0.2, -0.15) is 4.98 Å². The second kappa shape index (κ2) is 5.76. The molecular weight excluding hydrogens is 376 g/mol. The maximum absolute atomic E-state index is 5.88. The average molecular weight is 385 g/mol. The van der Waals surface area contributed by atoms with E-state index >= 15 is 0 Å². The van der Waals surface area contributed by atoms with Gasteiger partial charge in [-0.1, -0.05) is 69.9 Å². The van der Waals surface area contributed by atoms with Crippen LogP contribution in [0, 0.1) is 0 Å². The summed E-state index contributed by atoms with van der Waals surface area (Å²) in [5.41, 5.74) is 0.361. The van der Waals surface area contributed by atoms with E-state index in [1.807, 2.05) is 24.3 Å². The fourth-order valence-corrected chi connectivity index (χ4v) is 3.47. The summed E-state index contributed by atoms with van der Waals surface area (Å²) in [6.07, 6.45) is 0.289. The normalized spacial score (nSPS) is 21.3. The zero-order chi connectivity index (χ0) is 15.1. The first-order valence-corrected chi connectivity index (χ1v) is 8.36. The summed E-state index contributed by atoms with van der Waals surface area (Å²) in [6.45, 7) is 0.521. The lowest BCUT2D eigenvalue weighted by Crippen LogP contribution is -2.18. The molecule has 0 aliphatic carbocycles. The molecule has 3 nitrogen and oxygen atoms in total. The number of rotatable bonds is 4. The molecule has 2 aromatic rings. The fourth-order valence-electron chi connectivity index (χ4n) is 2.01. The standard InChI is InChI=1S/C13H9Cl4NO2S/c14-10-5-21-11(18-10)20-9-3-1-2-8(4-9)12(7-19-12)6-13(15,16)17/h1-5H,6-7H2. The Bertz CT molecular complexity index is 652. The molecule has 1 aliphatic heterocycles. The van der Waals surface area contributed by atoms with E-state index in [2.05, 4.69) is 4.98 Å². The quantitative estimate of drug-likeness (QED) is 0.510. The molecule has 0 amide bonds. The van der Waals surface area contributed by atoms with Gasteiger partial charge in [0.25, 0.3) is 5.19 Å². The van der Waals surface area contributed by atoms with E-state index in [-0.39, 0.29) is 6.42 Å². The van der Waals surface area contributed by atoms with Gasteiger partial charge in [-0.25, -0.2) is 0 Å². The third kappa shape index (κ3) is 3.95. The highest BCUT2D eigenvalue weighted by atomic mass is 35.6. The number of hydrogen-bond donors (Lipinski definition) is 0. The molecule has 0 saturated carbocycles. The molecule has 112 valence electrons. The Balaban J connectivity index is 1.80. The van der Waals surface area contributed by atoms with Crippen LogP contribution in [0.2, 0.25) is 5.15 Å². The second-order valence-corrected chi connectivity index (χ2v) is 8.36. The number of aromatic nitrogens is 1. The number of ether oxygens (including phenoxy) is 2. The molecule has 1 fully saturated rings. The lowest BCUT2D eigenvalue weighted by molar-refractivity contribution is 0.294. The molecular formula is C13H9Cl4NO2S. The molecule has 8 heteroatoms. The topological polar surface area (TPSA) is 34.6 Å². The van der Waals surface area contributed by atoms with Crippen molar-refractivity contribution in [2.45, 2.75) is 15.8 Å². The molecule has 1 atom stereocenters. The van der Waals surface area contributed by atoms with Crippen molar-refractivity contribution in [2.24, 2.45) is 0 Å². The largest absolute Gasteiger partial charge is 0.431 e. The van der Waals surface area contributed by atoms with Gasteiger partial charge in [0.1, 0.15) is 16.5 Å². The van der Waals surface area contributed by atoms with E-state index in [0.717, 1.165) is 5.56 Å². The van der Waals surface area contributed by atoms with Crippen LogP contribution in [0.5, 0.6) is 10.9 Å². The SMILES string of the molecule is Clc1csc(Oc2cccc(C3(CC(Cl)(Cl)Cl)CO3)c2)n1.